The van der Waals surface area contributed by atoms with E-state index in [-0.39, 0.29) is 11.3 Å². The third kappa shape index (κ3) is 4.18. The Balaban J connectivity index is 1.31. The normalized spacial score (nSPS) is 17.2. The van der Waals surface area contributed by atoms with Crippen LogP contribution in [0.1, 0.15) is 31.0 Å². The summed E-state index contributed by atoms with van der Waals surface area (Å²) in [5, 5.41) is 8.74. The Hall–Kier alpha value is -3.75. The average molecular weight is 431 g/mol. The molecule has 2 aromatic heterocycles. The predicted molar refractivity (Wildman–Crippen MR) is 124 cm³/mol. The summed E-state index contributed by atoms with van der Waals surface area (Å²) in [6.07, 6.45) is 7.11. The number of nitrogens with zero attached hydrogens (tertiary/aromatic N) is 6. The minimum Gasteiger partial charge on any atom is -0.488 e. The Morgan fingerprint density at radius 3 is 2.44 bits per heavy atom. The summed E-state index contributed by atoms with van der Waals surface area (Å²) in [4.78, 5) is 21.8. The Morgan fingerprint density at radius 1 is 1.00 bits per heavy atom. The van der Waals surface area contributed by atoms with Crippen LogP contribution in [0.25, 0.3) is 0 Å². The van der Waals surface area contributed by atoms with E-state index in [1.165, 1.54) is 6.33 Å². The number of benzene rings is 1. The van der Waals surface area contributed by atoms with Crippen LogP contribution in [0.15, 0.2) is 49.1 Å². The van der Waals surface area contributed by atoms with Gasteiger partial charge in [0.1, 0.15) is 23.5 Å². The van der Waals surface area contributed by atoms with Gasteiger partial charge < -0.3 is 20.3 Å². The van der Waals surface area contributed by atoms with Crippen molar-refractivity contribution in [2.75, 3.05) is 41.7 Å². The molecule has 3 aromatic rings. The largest absolute Gasteiger partial charge is 0.488 e. The fourth-order valence-electron chi connectivity index (χ4n) is 3.76. The fourth-order valence-corrected chi connectivity index (χ4v) is 3.76. The molecule has 1 saturated heterocycles. The third-order valence-corrected chi connectivity index (χ3v) is 5.96. The van der Waals surface area contributed by atoms with Crippen LogP contribution in [0.4, 0.5) is 17.5 Å². The summed E-state index contributed by atoms with van der Waals surface area (Å²) in [5.41, 5.74) is 8.03. The summed E-state index contributed by atoms with van der Waals surface area (Å²) >= 11 is 0. The van der Waals surface area contributed by atoms with Crippen molar-refractivity contribution in [3.05, 3.63) is 60.3 Å². The highest BCUT2D eigenvalue weighted by molar-refractivity contribution is 6.13. The van der Waals surface area contributed by atoms with Crippen molar-refractivity contribution in [2.24, 2.45) is 0 Å². The molecule has 1 saturated carbocycles. The van der Waals surface area contributed by atoms with Crippen molar-refractivity contribution in [1.82, 2.24) is 19.9 Å². The number of aromatic nitrogens is 4. The highest BCUT2D eigenvalue weighted by Gasteiger charge is 2.40. The lowest BCUT2D eigenvalue weighted by atomic mass is 10.0. The molecule has 3 heterocycles. The molecular formula is C23H26N8O. The lowest BCUT2D eigenvalue weighted by molar-refractivity contribution is 0.200. The smallest absolute Gasteiger partial charge is 0.225 e. The Morgan fingerprint density at radius 2 is 1.72 bits per heavy atom. The van der Waals surface area contributed by atoms with Gasteiger partial charge in [-0.2, -0.15) is 0 Å². The van der Waals surface area contributed by atoms with Crippen molar-refractivity contribution in [1.29, 1.82) is 5.41 Å². The topological polar surface area (TPSA) is 117 Å². The second kappa shape index (κ2) is 8.07. The van der Waals surface area contributed by atoms with Crippen molar-refractivity contribution in [3.63, 3.8) is 0 Å². The van der Waals surface area contributed by atoms with Crippen LogP contribution < -0.4 is 20.3 Å². The van der Waals surface area contributed by atoms with Crippen molar-refractivity contribution in [3.8, 4) is 5.75 Å². The Kier molecular flexibility index (Phi) is 5.08. The number of nitrogens with one attached hydrogen (secondary N) is 1. The van der Waals surface area contributed by atoms with Gasteiger partial charge in [0.25, 0.3) is 0 Å². The van der Waals surface area contributed by atoms with Gasteiger partial charge in [-0.15, -0.1) is 0 Å². The molecule has 32 heavy (non-hydrogen) atoms. The molecule has 3 N–H and O–H groups in total. The van der Waals surface area contributed by atoms with Crippen LogP contribution in [0.3, 0.4) is 0 Å². The second-order valence-electron chi connectivity index (χ2n) is 8.46. The molecule has 1 aliphatic heterocycles. The monoisotopic (exact) mass is 430 g/mol. The molecule has 0 atom stereocenters. The summed E-state index contributed by atoms with van der Waals surface area (Å²) in [6, 6.07) is 9.15. The molecule has 9 nitrogen and oxygen atoms in total. The molecule has 0 bridgehead atoms. The molecule has 1 aliphatic carbocycles. The molecule has 0 spiro atoms. The molecule has 0 amide bonds. The van der Waals surface area contributed by atoms with E-state index in [4.69, 9.17) is 15.9 Å². The van der Waals surface area contributed by atoms with Crippen molar-refractivity contribution in [2.45, 2.75) is 25.4 Å². The lowest BCUT2D eigenvalue weighted by Crippen LogP contribution is -2.47. The van der Waals surface area contributed by atoms with E-state index in [0.29, 0.717) is 16.9 Å². The maximum atomic E-state index is 8.74. The number of rotatable bonds is 6. The first-order valence-electron chi connectivity index (χ1n) is 10.8. The number of hydrogen-bond acceptors (Lipinski definition) is 9. The van der Waals surface area contributed by atoms with Crippen LogP contribution in [0, 0.1) is 5.41 Å². The zero-order valence-corrected chi connectivity index (χ0v) is 18.0. The van der Waals surface area contributed by atoms with Gasteiger partial charge in [-0.3, -0.25) is 5.41 Å². The van der Waals surface area contributed by atoms with Crippen molar-refractivity contribution >= 4 is 23.2 Å². The Labute approximate surface area is 186 Å². The van der Waals surface area contributed by atoms with Crippen LogP contribution in [-0.2, 0) is 0 Å². The van der Waals surface area contributed by atoms with E-state index in [0.717, 1.165) is 56.5 Å². The SMILES string of the molecule is CC1(Oc2ccc(N)c(C(=N)c3cc(N4CCN(c5ncccn5)CC4)ncn3)c2)CC1. The molecule has 9 heteroatoms. The molecule has 0 radical (unpaired) electrons. The van der Waals surface area contributed by atoms with Gasteiger partial charge in [0.05, 0.1) is 11.4 Å². The highest BCUT2D eigenvalue weighted by atomic mass is 16.5. The number of hydrogen-bond donors (Lipinski definition) is 2. The van der Waals surface area contributed by atoms with E-state index in [1.807, 2.05) is 24.3 Å². The van der Waals surface area contributed by atoms with Gasteiger partial charge in [0, 0.05) is 55.9 Å². The maximum absolute atomic E-state index is 8.74. The Bertz CT molecular complexity index is 1120. The summed E-state index contributed by atoms with van der Waals surface area (Å²) < 4.78 is 6.05. The summed E-state index contributed by atoms with van der Waals surface area (Å²) in [7, 11) is 0. The lowest BCUT2D eigenvalue weighted by Gasteiger charge is -2.35. The summed E-state index contributed by atoms with van der Waals surface area (Å²) in [5.74, 6) is 2.27. The van der Waals surface area contributed by atoms with E-state index in [2.05, 4.69) is 36.7 Å². The first-order chi connectivity index (χ1) is 15.5. The number of piperazine rings is 1. The van der Waals surface area contributed by atoms with Crippen LogP contribution >= 0.6 is 0 Å². The molecular weight excluding hydrogens is 404 g/mol. The fraction of sp³-hybridized carbons (Fsp3) is 0.348. The quantitative estimate of drug-likeness (QED) is 0.453. The van der Waals surface area contributed by atoms with Gasteiger partial charge in [0.15, 0.2) is 0 Å². The molecule has 2 aliphatic rings. The third-order valence-electron chi connectivity index (χ3n) is 5.96. The molecule has 1 aromatic carbocycles. The van der Waals surface area contributed by atoms with Gasteiger partial charge in [-0.05, 0) is 44.0 Å². The molecule has 164 valence electrons. The number of nitrogens with two attached hydrogens (primary N) is 1. The standard InChI is InChI=1S/C23H26N8O/c1-23(5-6-23)32-16-3-4-18(24)17(13-16)21(25)19-14-20(29-15-28-19)30-9-11-31(12-10-30)22-26-7-2-8-27-22/h2-4,7-8,13-15,25H,5-6,9-12,24H2,1H3. The first-order valence-corrected chi connectivity index (χ1v) is 10.8. The van der Waals surface area contributed by atoms with Gasteiger partial charge in [-0.25, -0.2) is 19.9 Å². The highest BCUT2D eigenvalue weighted by Crippen LogP contribution is 2.40. The van der Waals surface area contributed by atoms with E-state index < -0.39 is 0 Å². The van der Waals surface area contributed by atoms with E-state index in [9.17, 15) is 0 Å². The van der Waals surface area contributed by atoms with Crippen molar-refractivity contribution < 1.29 is 4.74 Å². The first kappa shape index (κ1) is 20.2. The van der Waals surface area contributed by atoms with Crippen LogP contribution in [-0.4, -0.2) is 57.4 Å². The minimum absolute atomic E-state index is 0.0927. The van der Waals surface area contributed by atoms with Gasteiger partial charge >= 0.3 is 0 Å². The van der Waals surface area contributed by atoms with Gasteiger partial charge in [0.2, 0.25) is 5.95 Å². The average Bonchev–Trinajstić information content (AvgIpc) is 3.57. The minimum atomic E-state index is -0.0927. The predicted octanol–water partition coefficient (Wildman–Crippen LogP) is 2.52. The van der Waals surface area contributed by atoms with E-state index in [1.54, 1.807) is 18.5 Å². The molecule has 0 unspecified atom stereocenters. The van der Waals surface area contributed by atoms with E-state index >= 15 is 0 Å². The number of ether oxygens (including phenoxy) is 1. The van der Waals surface area contributed by atoms with Gasteiger partial charge in [-0.1, -0.05) is 0 Å². The van der Waals surface area contributed by atoms with Crippen LogP contribution in [0.5, 0.6) is 5.75 Å². The number of anilines is 3. The zero-order valence-electron chi connectivity index (χ0n) is 18.0. The maximum Gasteiger partial charge on any atom is 0.225 e. The zero-order chi connectivity index (χ0) is 22.1. The molecule has 2 fully saturated rings. The van der Waals surface area contributed by atoms with Crippen LogP contribution in [0.2, 0.25) is 0 Å². The number of nitrogen functional groups attached to an aromatic ring is 1. The second-order valence-corrected chi connectivity index (χ2v) is 8.46. The molecule has 5 rings (SSSR count). The summed E-state index contributed by atoms with van der Waals surface area (Å²) in [6.45, 7) is 5.25.